The Morgan fingerprint density at radius 2 is 1.29 bits per heavy atom. The second-order valence-electron chi connectivity index (χ2n) is 2.35. The molecular weight excluding hydrogens is 233 g/mol. The fourth-order valence-corrected chi connectivity index (χ4v) is 1.43. The van der Waals surface area contributed by atoms with Crippen molar-refractivity contribution in [2.45, 2.75) is 0 Å². The maximum absolute atomic E-state index is 12.5. The van der Waals surface area contributed by atoms with Crippen LogP contribution in [0.5, 0.6) is 0 Å². The molecule has 0 aliphatic rings. The van der Waals surface area contributed by atoms with Gasteiger partial charge in [-0.15, -0.1) is 0 Å². The maximum atomic E-state index is 12.5. The third kappa shape index (κ3) is 1.74. The van der Waals surface area contributed by atoms with Crippen LogP contribution >= 0.6 is 0 Å². The van der Waals surface area contributed by atoms with E-state index in [9.17, 15) is 29.9 Å². The van der Waals surface area contributed by atoms with Crippen molar-refractivity contribution in [1.82, 2.24) is 0 Å². The summed E-state index contributed by atoms with van der Waals surface area (Å²) >= 11 is 0. The lowest BCUT2D eigenvalue weighted by Crippen LogP contribution is -2.38. The lowest BCUT2D eigenvalue weighted by molar-refractivity contribution is 0.407. The van der Waals surface area contributed by atoms with Crippen LogP contribution in [0.2, 0.25) is 0 Å². The molecule has 0 saturated heterocycles. The van der Waals surface area contributed by atoms with E-state index in [2.05, 4.69) is 0 Å². The van der Waals surface area contributed by atoms with Gasteiger partial charge in [0.1, 0.15) is 0 Å². The van der Waals surface area contributed by atoms with Gasteiger partial charge < -0.3 is 0 Å². The Morgan fingerprint density at radius 3 is 1.71 bits per heavy atom. The van der Waals surface area contributed by atoms with Crippen LogP contribution in [0.25, 0.3) is 0 Å². The molecule has 14 heavy (non-hydrogen) atoms. The summed E-state index contributed by atoms with van der Waals surface area (Å²) in [5, 5.41) is -2.03. The molecule has 1 rings (SSSR count). The SMILES string of the molecule is Fc1cc([Si](F)(F)F)c(F)c(F)c1F. The molecule has 1 aromatic rings. The van der Waals surface area contributed by atoms with Crippen LogP contribution in [0.1, 0.15) is 0 Å². The predicted molar refractivity (Wildman–Crippen MR) is 35.0 cm³/mol. The van der Waals surface area contributed by atoms with Crippen molar-refractivity contribution in [3.8, 4) is 0 Å². The van der Waals surface area contributed by atoms with E-state index in [1.807, 2.05) is 0 Å². The van der Waals surface area contributed by atoms with Gasteiger partial charge in [0.25, 0.3) is 0 Å². The molecule has 0 nitrogen and oxygen atoms in total. The summed E-state index contributed by atoms with van der Waals surface area (Å²) in [5.74, 6) is -9.12. The Hall–Kier alpha value is -1.05. The molecule has 0 N–H and O–H groups in total. The van der Waals surface area contributed by atoms with Crippen LogP contribution in [0.15, 0.2) is 6.07 Å². The summed E-state index contributed by atoms with van der Waals surface area (Å²) in [5.41, 5.74) is 0. The highest BCUT2D eigenvalue weighted by molar-refractivity contribution is 6.73. The molecule has 78 valence electrons. The minimum Gasteiger partial charge on any atom is -0.234 e. The van der Waals surface area contributed by atoms with E-state index in [1.165, 1.54) is 0 Å². The second kappa shape index (κ2) is 3.26. The van der Waals surface area contributed by atoms with Gasteiger partial charge in [-0.3, -0.25) is 0 Å². The quantitative estimate of drug-likeness (QED) is 0.230. The van der Waals surface area contributed by atoms with Crippen molar-refractivity contribution in [3.63, 3.8) is 0 Å². The first-order valence-electron chi connectivity index (χ1n) is 3.15. The summed E-state index contributed by atoms with van der Waals surface area (Å²) in [6, 6.07) is -0.375. The smallest absolute Gasteiger partial charge is 0.234 e. The molecule has 0 spiro atoms. The minimum atomic E-state index is -6.69. The van der Waals surface area contributed by atoms with Crippen molar-refractivity contribution >= 4 is 14.3 Å². The van der Waals surface area contributed by atoms with Gasteiger partial charge in [0.2, 0.25) is 0 Å². The van der Waals surface area contributed by atoms with E-state index in [-0.39, 0.29) is 6.07 Å². The molecule has 0 heterocycles. The molecule has 0 radical (unpaired) electrons. The van der Waals surface area contributed by atoms with Crippen molar-refractivity contribution in [3.05, 3.63) is 29.3 Å². The third-order valence-electron chi connectivity index (χ3n) is 1.41. The largest absolute Gasteiger partial charge is 0.656 e. The fourth-order valence-electron chi connectivity index (χ4n) is 0.779. The van der Waals surface area contributed by atoms with E-state index in [1.54, 1.807) is 0 Å². The average molecular weight is 234 g/mol. The van der Waals surface area contributed by atoms with Gasteiger partial charge in [-0.25, -0.2) is 29.9 Å². The van der Waals surface area contributed by atoms with Gasteiger partial charge >= 0.3 is 9.08 Å². The number of hydrogen-bond donors (Lipinski definition) is 0. The van der Waals surface area contributed by atoms with E-state index in [0.29, 0.717) is 0 Å². The van der Waals surface area contributed by atoms with Crippen molar-refractivity contribution in [1.29, 1.82) is 0 Å². The highest BCUT2D eigenvalue weighted by Crippen LogP contribution is 2.18. The van der Waals surface area contributed by atoms with Crippen LogP contribution in [-0.4, -0.2) is 9.08 Å². The summed E-state index contributed by atoms with van der Waals surface area (Å²) in [6.07, 6.45) is 0. The molecule has 0 saturated carbocycles. The van der Waals surface area contributed by atoms with E-state index >= 15 is 0 Å². The average Bonchev–Trinajstić information content (AvgIpc) is 2.06. The molecular formula is C6HF7Si. The second-order valence-corrected chi connectivity index (χ2v) is 3.88. The van der Waals surface area contributed by atoms with Crippen LogP contribution in [-0.2, 0) is 0 Å². The summed E-state index contributed by atoms with van der Waals surface area (Å²) < 4.78 is 85.2. The van der Waals surface area contributed by atoms with Crippen LogP contribution in [0.3, 0.4) is 0 Å². The molecule has 0 aliphatic heterocycles. The molecule has 0 fully saturated rings. The number of benzene rings is 1. The monoisotopic (exact) mass is 234 g/mol. The number of halogens is 7. The van der Waals surface area contributed by atoms with Crippen LogP contribution in [0.4, 0.5) is 29.9 Å². The van der Waals surface area contributed by atoms with Crippen LogP contribution in [0, 0.1) is 23.3 Å². The molecule has 0 bridgehead atoms. The first-order chi connectivity index (χ1) is 6.25. The Morgan fingerprint density at radius 1 is 0.786 bits per heavy atom. The Balaban J connectivity index is 3.49. The number of hydrogen-bond acceptors (Lipinski definition) is 0. The van der Waals surface area contributed by atoms with Gasteiger partial charge in [0, 0.05) is 0 Å². The van der Waals surface area contributed by atoms with Gasteiger partial charge in [0.15, 0.2) is 23.3 Å². The highest BCUT2D eigenvalue weighted by Gasteiger charge is 2.45. The lowest BCUT2D eigenvalue weighted by atomic mass is 10.3. The van der Waals surface area contributed by atoms with E-state index in [0.717, 1.165) is 0 Å². The molecule has 0 unspecified atom stereocenters. The standard InChI is InChI=1S/C6HF7Si/c7-2-1-3(14(11,12)13)5(9)6(10)4(2)8/h1H. The van der Waals surface area contributed by atoms with E-state index < -0.39 is 37.5 Å². The molecule has 0 aromatic heterocycles. The molecule has 8 heteroatoms. The predicted octanol–water partition coefficient (Wildman–Crippen LogP) is 2.30. The van der Waals surface area contributed by atoms with Crippen molar-refractivity contribution in [2.24, 2.45) is 0 Å². The Labute approximate surface area is 74.5 Å². The van der Waals surface area contributed by atoms with Crippen LogP contribution < -0.4 is 5.19 Å². The zero-order valence-electron chi connectivity index (χ0n) is 6.22. The maximum Gasteiger partial charge on any atom is 0.656 e. The lowest BCUT2D eigenvalue weighted by Gasteiger charge is -2.05. The first-order valence-corrected chi connectivity index (χ1v) is 4.78. The van der Waals surface area contributed by atoms with Crippen molar-refractivity contribution < 1.29 is 29.9 Å². The summed E-state index contributed by atoms with van der Waals surface area (Å²) in [7, 11) is -6.69. The van der Waals surface area contributed by atoms with Gasteiger partial charge in [-0.05, 0) is 6.07 Å². The highest BCUT2D eigenvalue weighted by atomic mass is 28.5. The molecule has 1 aromatic carbocycles. The fraction of sp³-hybridized carbons (Fsp3) is 0. The normalized spacial score (nSPS) is 11.9. The van der Waals surface area contributed by atoms with Gasteiger partial charge in [0.05, 0.1) is 5.19 Å². The zero-order valence-corrected chi connectivity index (χ0v) is 7.22. The molecule has 0 aliphatic carbocycles. The van der Waals surface area contributed by atoms with E-state index in [4.69, 9.17) is 0 Å². The van der Waals surface area contributed by atoms with Gasteiger partial charge in [-0.1, -0.05) is 0 Å². The Kier molecular flexibility index (Phi) is 2.57. The summed E-state index contributed by atoms with van der Waals surface area (Å²) in [6.45, 7) is 0. The van der Waals surface area contributed by atoms with Crippen molar-refractivity contribution in [2.75, 3.05) is 0 Å². The topological polar surface area (TPSA) is 0 Å². The minimum absolute atomic E-state index is 0.375. The molecule has 0 atom stereocenters. The zero-order chi connectivity index (χ0) is 11.1. The molecule has 0 amide bonds. The first kappa shape index (κ1) is 11.0. The van der Waals surface area contributed by atoms with Gasteiger partial charge in [-0.2, -0.15) is 0 Å². The number of rotatable bonds is 1. The third-order valence-corrected chi connectivity index (χ3v) is 2.38. The Bertz CT molecular complexity index is 369. The summed E-state index contributed by atoms with van der Waals surface area (Å²) in [4.78, 5) is 0.